The van der Waals surface area contributed by atoms with Crippen molar-refractivity contribution in [3.63, 3.8) is 0 Å². The van der Waals surface area contributed by atoms with E-state index >= 15 is 0 Å². The van der Waals surface area contributed by atoms with Crippen LogP contribution in [0, 0.1) is 13.8 Å². The van der Waals surface area contributed by atoms with Gasteiger partial charge in [-0.1, -0.05) is 12.1 Å². The molecule has 0 atom stereocenters. The predicted octanol–water partition coefficient (Wildman–Crippen LogP) is 3.14. The number of anilines is 1. The third-order valence-corrected chi connectivity index (χ3v) is 3.37. The van der Waals surface area contributed by atoms with Crippen LogP contribution in [0.15, 0.2) is 36.4 Å². The Labute approximate surface area is 135 Å². The van der Waals surface area contributed by atoms with E-state index in [2.05, 4.69) is 5.32 Å². The smallest absolute Gasteiger partial charge is 0.262 e. The van der Waals surface area contributed by atoms with E-state index in [0.717, 1.165) is 16.8 Å². The van der Waals surface area contributed by atoms with E-state index in [9.17, 15) is 9.59 Å². The zero-order valence-electron chi connectivity index (χ0n) is 13.4. The van der Waals surface area contributed by atoms with Gasteiger partial charge in [0.15, 0.2) is 12.9 Å². The normalized spacial score (nSPS) is 10.0. The van der Waals surface area contributed by atoms with Crippen LogP contribution in [0.3, 0.4) is 0 Å². The number of carbonyl (C=O) groups excluding carboxylic acids is 2. The Morgan fingerprint density at radius 1 is 1.17 bits per heavy atom. The quantitative estimate of drug-likeness (QED) is 0.832. The molecular weight excluding hydrogens is 294 g/mol. The molecule has 0 saturated carbocycles. The van der Waals surface area contributed by atoms with Gasteiger partial charge >= 0.3 is 0 Å². The van der Waals surface area contributed by atoms with Gasteiger partial charge in [0.05, 0.1) is 12.7 Å². The molecule has 1 amide bonds. The molecule has 0 aromatic heterocycles. The number of amides is 1. The Kier molecular flexibility index (Phi) is 5.36. The molecular formula is C18H19NO4. The Morgan fingerprint density at radius 2 is 1.96 bits per heavy atom. The zero-order chi connectivity index (χ0) is 16.8. The van der Waals surface area contributed by atoms with Gasteiger partial charge in [0.25, 0.3) is 5.91 Å². The van der Waals surface area contributed by atoms with E-state index in [0.29, 0.717) is 23.3 Å². The highest BCUT2D eigenvalue weighted by molar-refractivity contribution is 5.93. The number of nitrogens with one attached hydrogen (secondary N) is 1. The van der Waals surface area contributed by atoms with Crippen molar-refractivity contribution in [1.82, 2.24) is 0 Å². The first-order chi connectivity index (χ1) is 11.0. The summed E-state index contributed by atoms with van der Waals surface area (Å²) in [5, 5.41) is 2.80. The van der Waals surface area contributed by atoms with Crippen LogP contribution in [-0.4, -0.2) is 25.9 Å². The standard InChI is InChI=1S/C18H19NO4/c1-12-4-5-13(2)16(8-12)19-18(21)11-23-17-7-6-15(22-3)9-14(17)10-20/h4-10H,11H2,1-3H3,(H,19,21). The predicted molar refractivity (Wildman–Crippen MR) is 88.4 cm³/mol. The van der Waals surface area contributed by atoms with Crippen LogP contribution in [-0.2, 0) is 4.79 Å². The molecule has 0 saturated heterocycles. The van der Waals surface area contributed by atoms with Crippen molar-refractivity contribution in [2.45, 2.75) is 13.8 Å². The fraction of sp³-hybridized carbons (Fsp3) is 0.222. The second kappa shape index (κ2) is 7.45. The maximum Gasteiger partial charge on any atom is 0.262 e. The Balaban J connectivity index is 2.02. The first-order valence-corrected chi connectivity index (χ1v) is 7.16. The van der Waals surface area contributed by atoms with Crippen LogP contribution in [0.2, 0.25) is 0 Å². The fourth-order valence-electron chi connectivity index (χ4n) is 2.08. The molecule has 0 bridgehead atoms. The number of methoxy groups -OCH3 is 1. The van der Waals surface area contributed by atoms with Crippen molar-refractivity contribution in [3.05, 3.63) is 53.1 Å². The monoisotopic (exact) mass is 313 g/mol. The lowest BCUT2D eigenvalue weighted by Crippen LogP contribution is -2.21. The van der Waals surface area contributed by atoms with Crippen LogP contribution in [0.5, 0.6) is 11.5 Å². The molecule has 0 unspecified atom stereocenters. The van der Waals surface area contributed by atoms with Gasteiger partial charge in [-0.2, -0.15) is 0 Å². The number of ether oxygens (including phenoxy) is 2. The summed E-state index contributed by atoms with van der Waals surface area (Å²) in [5.41, 5.74) is 3.13. The molecule has 0 aliphatic heterocycles. The number of benzene rings is 2. The Hall–Kier alpha value is -2.82. The van der Waals surface area contributed by atoms with Gasteiger partial charge in [-0.05, 0) is 49.2 Å². The second-order valence-corrected chi connectivity index (χ2v) is 5.18. The third-order valence-electron chi connectivity index (χ3n) is 3.37. The molecule has 1 N–H and O–H groups in total. The lowest BCUT2D eigenvalue weighted by atomic mass is 10.1. The summed E-state index contributed by atoms with van der Waals surface area (Å²) < 4.78 is 10.5. The average Bonchev–Trinajstić information content (AvgIpc) is 2.56. The summed E-state index contributed by atoms with van der Waals surface area (Å²) in [5.74, 6) is 0.613. The van der Waals surface area contributed by atoms with E-state index in [-0.39, 0.29) is 12.5 Å². The average molecular weight is 313 g/mol. The minimum atomic E-state index is -0.286. The van der Waals surface area contributed by atoms with Gasteiger partial charge in [-0.15, -0.1) is 0 Å². The first kappa shape index (κ1) is 16.5. The van der Waals surface area contributed by atoms with Crippen molar-refractivity contribution in [2.75, 3.05) is 19.0 Å². The van der Waals surface area contributed by atoms with E-state index < -0.39 is 0 Å². The number of aldehydes is 1. The van der Waals surface area contributed by atoms with Gasteiger partial charge in [0, 0.05) is 5.69 Å². The molecule has 2 aromatic carbocycles. The minimum Gasteiger partial charge on any atom is -0.497 e. The van der Waals surface area contributed by atoms with E-state index in [1.54, 1.807) is 18.2 Å². The molecule has 0 fully saturated rings. The summed E-state index contributed by atoms with van der Waals surface area (Å²) in [6, 6.07) is 10.7. The van der Waals surface area contributed by atoms with Crippen molar-refractivity contribution >= 4 is 17.9 Å². The number of hydrogen-bond donors (Lipinski definition) is 1. The van der Waals surface area contributed by atoms with Crippen LogP contribution in [0.4, 0.5) is 5.69 Å². The highest BCUT2D eigenvalue weighted by atomic mass is 16.5. The number of hydrogen-bond acceptors (Lipinski definition) is 4. The van der Waals surface area contributed by atoms with Crippen molar-refractivity contribution < 1.29 is 19.1 Å². The third kappa shape index (κ3) is 4.32. The highest BCUT2D eigenvalue weighted by Crippen LogP contribution is 2.23. The van der Waals surface area contributed by atoms with Crippen LogP contribution >= 0.6 is 0 Å². The summed E-state index contributed by atoms with van der Waals surface area (Å²) in [4.78, 5) is 23.1. The molecule has 0 aliphatic rings. The summed E-state index contributed by atoms with van der Waals surface area (Å²) in [6.07, 6.45) is 0.667. The van der Waals surface area contributed by atoms with Crippen LogP contribution < -0.4 is 14.8 Å². The first-order valence-electron chi connectivity index (χ1n) is 7.16. The molecule has 120 valence electrons. The van der Waals surface area contributed by atoms with Crippen LogP contribution in [0.25, 0.3) is 0 Å². The van der Waals surface area contributed by atoms with Gasteiger partial charge < -0.3 is 14.8 Å². The maximum atomic E-state index is 12.0. The summed E-state index contributed by atoms with van der Waals surface area (Å²) in [6.45, 7) is 3.70. The molecule has 2 rings (SSSR count). The van der Waals surface area contributed by atoms with Crippen molar-refractivity contribution in [3.8, 4) is 11.5 Å². The Morgan fingerprint density at radius 3 is 2.65 bits per heavy atom. The van der Waals surface area contributed by atoms with Gasteiger partial charge in [-0.25, -0.2) is 0 Å². The fourth-order valence-corrected chi connectivity index (χ4v) is 2.08. The molecule has 0 aliphatic carbocycles. The molecule has 23 heavy (non-hydrogen) atoms. The molecule has 5 nitrogen and oxygen atoms in total. The van der Waals surface area contributed by atoms with Gasteiger partial charge in [0.2, 0.25) is 0 Å². The van der Waals surface area contributed by atoms with E-state index in [1.165, 1.54) is 7.11 Å². The number of rotatable bonds is 6. The van der Waals surface area contributed by atoms with E-state index in [1.807, 2.05) is 32.0 Å². The minimum absolute atomic E-state index is 0.180. The lowest BCUT2D eigenvalue weighted by molar-refractivity contribution is -0.118. The topological polar surface area (TPSA) is 64.6 Å². The number of aryl methyl sites for hydroxylation is 2. The Bertz CT molecular complexity index is 725. The van der Waals surface area contributed by atoms with Crippen molar-refractivity contribution in [2.24, 2.45) is 0 Å². The lowest BCUT2D eigenvalue weighted by Gasteiger charge is -2.12. The maximum absolute atomic E-state index is 12.0. The summed E-state index contributed by atoms with van der Waals surface area (Å²) >= 11 is 0. The van der Waals surface area contributed by atoms with Gasteiger partial charge in [0.1, 0.15) is 11.5 Å². The molecule has 2 aromatic rings. The SMILES string of the molecule is COc1ccc(OCC(=O)Nc2cc(C)ccc2C)c(C=O)c1. The van der Waals surface area contributed by atoms with Crippen molar-refractivity contribution in [1.29, 1.82) is 0 Å². The van der Waals surface area contributed by atoms with Gasteiger partial charge in [-0.3, -0.25) is 9.59 Å². The summed E-state index contributed by atoms with van der Waals surface area (Å²) in [7, 11) is 1.52. The molecule has 0 spiro atoms. The number of carbonyl (C=O) groups is 2. The second-order valence-electron chi connectivity index (χ2n) is 5.18. The largest absolute Gasteiger partial charge is 0.497 e. The zero-order valence-corrected chi connectivity index (χ0v) is 13.4. The molecule has 0 radical (unpaired) electrons. The highest BCUT2D eigenvalue weighted by Gasteiger charge is 2.09. The van der Waals surface area contributed by atoms with E-state index in [4.69, 9.17) is 9.47 Å². The van der Waals surface area contributed by atoms with Crippen LogP contribution in [0.1, 0.15) is 21.5 Å². The molecule has 0 heterocycles. The molecule has 5 heteroatoms.